The van der Waals surface area contributed by atoms with Crippen LogP contribution in [0.3, 0.4) is 0 Å². The maximum Gasteiger partial charge on any atom is 0.317 e. The van der Waals surface area contributed by atoms with Gasteiger partial charge in [-0.25, -0.2) is 9.78 Å². The van der Waals surface area contributed by atoms with Crippen LogP contribution in [-0.4, -0.2) is 33.1 Å². The number of nitrogens with one attached hydrogen (secondary N) is 1. The van der Waals surface area contributed by atoms with Gasteiger partial charge < -0.3 is 14.8 Å². The number of carbonyl (C=O) groups is 1. The van der Waals surface area contributed by atoms with Crippen molar-refractivity contribution in [1.29, 1.82) is 0 Å². The third-order valence-corrected chi connectivity index (χ3v) is 3.88. The van der Waals surface area contributed by atoms with Crippen LogP contribution in [0, 0.1) is 0 Å². The van der Waals surface area contributed by atoms with E-state index in [1.54, 1.807) is 11.1 Å². The number of aromatic nitrogens is 2. The van der Waals surface area contributed by atoms with E-state index < -0.39 is 0 Å². The Kier molecular flexibility index (Phi) is 6.04. The van der Waals surface area contributed by atoms with Crippen molar-refractivity contribution < 1.29 is 4.79 Å². The quantitative estimate of drug-likeness (QED) is 0.878. The van der Waals surface area contributed by atoms with Crippen LogP contribution in [0.1, 0.15) is 32.2 Å². The molecule has 5 nitrogen and oxygen atoms in total. The van der Waals surface area contributed by atoms with Gasteiger partial charge >= 0.3 is 6.03 Å². The molecule has 0 aliphatic carbocycles. The van der Waals surface area contributed by atoms with Crippen LogP contribution >= 0.6 is 11.6 Å². The van der Waals surface area contributed by atoms with Crippen molar-refractivity contribution in [2.45, 2.75) is 39.9 Å². The Morgan fingerprint density at radius 2 is 2.13 bits per heavy atom. The van der Waals surface area contributed by atoms with Gasteiger partial charge in [0, 0.05) is 30.0 Å². The summed E-state index contributed by atoms with van der Waals surface area (Å²) in [4.78, 5) is 18.3. The summed E-state index contributed by atoms with van der Waals surface area (Å²) in [6.07, 6.45) is 3.66. The van der Waals surface area contributed by atoms with Gasteiger partial charge in [0.15, 0.2) is 0 Å². The highest BCUT2D eigenvalue weighted by atomic mass is 35.5. The third-order valence-electron chi connectivity index (χ3n) is 3.51. The molecule has 1 heterocycles. The zero-order chi connectivity index (χ0) is 16.8. The molecule has 0 spiro atoms. The van der Waals surface area contributed by atoms with E-state index in [-0.39, 0.29) is 12.1 Å². The first-order valence-corrected chi connectivity index (χ1v) is 8.18. The van der Waals surface area contributed by atoms with E-state index in [0.717, 1.165) is 16.4 Å². The fourth-order valence-corrected chi connectivity index (χ4v) is 2.48. The van der Waals surface area contributed by atoms with Gasteiger partial charge in [-0.1, -0.05) is 29.8 Å². The summed E-state index contributed by atoms with van der Waals surface area (Å²) in [5.74, 6) is 0.839. The Bertz CT molecular complexity index is 654. The van der Waals surface area contributed by atoms with E-state index in [4.69, 9.17) is 11.6 Å². The second-order valence-corrected chi connectivity index (χ2v) is 6.09. The normalized spacial score (nSPS) is 10.8. The molecule has 0 saturated carbocycles. The summed E-state index contributed by atoms with van der Waals surface area (Å²) in [5.41, 5.74) is 1.03. The molecule has 0 aliphatic heterocycles. The van der Waals surface area contributed by atoms with Gasteiger partial charge in [0.2, 0.25) is 0 Å². The molecule has 0 radical (unpaired) electrons. The van der Waals surface area contributed by atoms with Crippen molar-refractivity contribution in [2.75, 3.05) is 6.54 Å². The molecule has 6 heteroatoms. The summed E-state index contributed by atoms with van der Waals surface area (Å²) >= 11 is 6.23. The monoisotopic (exact) mass is 334 g/mol. The zero-order valence-corrected chi connectivity index (χ0v) is 14.5. The molecule has 1 N–H and O–H groups in total. The largest absolute Gasteiger partial charge is 0.336 e. The third kappa shape index (κ3) is 4.73. The van der Waals surface area contributed by atoms with E-state index in [9.17, 15) is 4.79 Å². The number of benzene rings is 1. The van der Waals surface area contributed by atoms with Gasteiger partial charge in [-0.3, -0.25) is 0 Å². The Balaban J connectivity index is 2.11. The molecular weight excluding hydrogens is 312 g/mol. The van der Waals surface area contributed by atoms with E-state index >= 15 is 0 Å². The molecular formula is C17H23ClN4O. The lowest BCUT2D eigenvalue weighted by Crippen LogP contribution is -2.42. The van der Waals surface area contributed by atoms with Crippen molar-refractivity contribution >= 4 is 17.6 Å². The molecule has 2 amide bonds. The number of hydrogen-bond acceptors (Lipinski definition) is 2. The number of carbonyl (C=O) groups excluding carboxylic acids is 1. The van der Waals surface area contributed by atoms with E-state index in [1.165, 1.54) is 0 Å². The van der Waals surface area contributed by atoms with Gasteiger partial charge in [0.05, 0.1) is 13.1 Å². The average Bonchev–Trinajstić information content (AvgIpc) is 2.93. The van der Waals surface area contributed by atoms with Crippen molar-refractivity contribution in [3.05, 3.63) is 53.1 Å². The molecule has 2 rings (SSSR count). The summed E-state index contributed by atoms with van der Waals surface area (Å²) in [6, 6.07) is 7.79. The number of rotatable bonds is 6. The smallest absolute Gasteiger partial charge is 0.317 e. The first-order valence-electron chi connectivity index (χ1n) is 7.80. The molecule has 0 atom stereocenters. The molecule has 2 aromatic rings. The zero-order valence-electron chi connectivity index (χ0n) is 13.8. The fraction of sp³-hybridized carbons (Fsp3) is 0.412. The second kappa shape index (κ2) is 8.02. The van der Waals surface area contributed by atoms with Crippen molar-refractivity contribution in [3.63, 3.8) is 0 Å². The second-order valence-electron chi connectivity index (χ2n) is 5.68. The van der Waals surface area contributed by atoms with Crippen LogP contribution in [0.4, 0.5) is 4.79 Å². The molecule has 0 saturated heterocycles. The Labute approximate surface area is 142 Å². The van der Waals surface area contributed by atoms with Crippen LogP contribution in [0.25, 0.3) is 0 Å². The molecule has 0 bridgehead atoms. The first-order chi connectivity index (χ1) is 11.0. The van der Waals surface area contributed by atoms with Gasteiger partial charge in [-0.15, -0.1) is 0 Å². The predicted molar refractivity (Wildman–Crippen MR) is 92.5 cm³/mol. The van der Waals surface area contributed by atoms with E-state index in [1.807, 2.05) is 55.8 Å². The highest BCUT2D eigenvalue weighted by molar-refractivity contribution is 6.31. The molecule has 0 aliphatic rings. The number of hydrogen-bond donors (Lipinski definition) is 1. The van der Waals surface area contributed by atoms with Crippen molar-refractivity contribution in [1.82, 2.24) is 19.8 Å². The molecule has 23 heavy (non-hydrogen) atoms. The average molecular weight is 335 g/mol. The lowest BCUT2D eigenvalue weighted by atomic mass is 10.2. The van der Waals surface area contributed by atoms with Crippen LogP contribution in [-0.2, 0) is 13.1 Å². The lowest BCUT2D eigenvalue weighted by Gasteiger charge is -2.23. The number of amides is 2. The summed E-state index contributed by atoms with van der Waals surface area (Å²) in [7, 11) is 0. The Hall–Kier alpha value is -2.01. The van der Waals surface area contributed by atoms with Gasteiger partial charge in [0.1, 0.15) is 5.82 Å². The SMILES string of the molecule is CCN(Cc1nccn1Cc1ccccc1Cl)C(=O)NC(C)C. The van der Waals surface area contributed by atoms with E-state index in [0.29, 0.717) is 19.6 Å². The highest BCUT2D eigenvalue weighted by Gasteiger charge is 2.16. The van der Waals surface area contributed by atoms with Crippen LogP contribution in [0.15, 0.2) is 36.7 Å². The van der Waals surface area contributed by atoms with Gasteiger partial charge in [-0.05, 0) is 32.4 Å². The molecule has 0 unspecified atom stereocenters. The topological polar surface area (TPSA) is 50.2 Å². The van der Waals surface area contributed by atoms with E-state index in [2.05, 4.69) is 10.3 Å². The standard InChI is InChI=1S/C17H23ClN4O/c1-4-21(17(23)20-13(2)3)12-16-19-9-10-22(16)11-14-7-5-6-8-15(14)18/h5-10,13H,4,11-12H2,1-3H3,(H,20,23). The Morgan fingerprint density at radius 1 is 1.39 bits per heavy atom. The minimum atomic E-state index is -0.0743. The number of halogens is 1. The van der Waals surface area contributed by atoms with Gasteiger partial charge in [0.25, 0.3) is 0 Å². The van der Waals surface area contributed by atoms with Crippen molar-refractivity contribution in [3.8, 4) is 0 Å². The predicted octanol–water partition coefficient (Wildman–Crippen LogP) is 3.52. The maximum absolute atomic E-state index is 12.2. The minimum Gasteiger partial charge on any atom is -0.336 e. The lowest BCUT2D eigenvalue weighted by molar-refractivity contribution is 0.193. The molecule has 1 aromatic heterocycles. The van der Waals surface area contributed by atoms with Crippen LogP contribution < -0.4 is 5.32 Å². The fourth-order valence-electron chi connectivity index (χ4n) is 2.28. The molecule has 124 valence electrons. The Morgan fingerprint density at radius 3 is 2.78 bits per heavy atom. The van der Waals surface area contributed by atoms with Crippen molar-refractivity contribution in [2.24, 2.45) is 0 Å². The van der Waals surface area contributed by atoms with Gasteiger partial charge in [-0.2, -0.15) is 0 Å². The number of nitrogens with zero attached hydrogens (tertiary/aromatic N) is 3. The number of urea groups is 1. The summed E-state index contributed by atoms with van der Waals surface area (Å²) < 4.78 is 2.02. The first kappa shape index (κ1) is 17.3. The van der Waals surface area contributed by atoms with Crippen LogP contribution in [0.2, 0.25) is 5.02 Å². The highest BCUT2D eigenvalue weighted by Crippen LogP contribution is 2.17. The molecule has 0 fully saturated rings. The summed E-state index contributed by atoms with van der Waals surface area (Å²) in [6.45, 7) is 7.58. The number of imidazole rings is 1. The maximum atomic E-state index is 12.2. The van der Waals surface area contributed by atoms with Crippen LogP contribution in [0.5, 0.6) is 0 Å². The summed E-state index contributed by atoms with van der Waals surface area (Å²) in [5, 5.41) is 3.65. The molecule has 1 aromatic carbocycles. The minimum absolute atomic E-state index is 0.0743.